The highest BCUT2D eigenvalue weighted by molar-refractivity contribution is 5.84. The van der Waals surface area contributed by atoms with Gasteiger partial charge in [-0.05, 0) is 6.07 Å². The summed E-state index contributed by atoms with van der Waals surface area (Å²) < 4.78 is 4.92. The molecule has 0 atom stereocenters. The lowest BCUT2D eigenvalue weighted by Gasteiger charge is -2.07. The van der Waals surface area contributed by atoms with Crippen LogP contribution in [0.4, 0.5) is 0 Å². The van der Waals surface area contributed by atoms with E-state index in [4.69, 9.17) is 4.74 Å². The first kappa shape index (κ1) is 10.2. The number of para-hydroxylation sites is 1. The van der Waals surface area contributed by atoms with Crippen molar-refractivity contribution in [2.75, 3.05) is 0 Å². The third-order valence-electron chi connectivity index (χ3n) is 1.67. The minimum Gasteiger partial charge on any atom is -0.425 e. The monoisotopic (exact) mass is 190 g/mol. The van der Waals surface area contributed by atoms with Crippen LogP contribution in [0.1, 0.15) is 22.8 Å². The maximum atomic E-state index is 10.8. The SMILES string of the molecule is C=Cc1cccc(C=O)c1OC(C)=O. The fourth-order valence-corrected chi connectivity index (χ4v) is 1.09. The molecule has 0 N–H and O–H groups in total. The van der Waals surface area contributed by atoms with Crippen LogP contribution in [0.3, 0.4) is 0 Å². The highest BCUT2D eigenvalue weighted by Crippen LogP contribution is 2.23. The topological polar surface area (TPSA) is 43.4 Å². The Hall–Kier alpha value is -1.90. The van der Waals surface area contributed by atoms with Gasteiger partial charge >= 0.3 is 5.97 Å². The number of benzene rings is 1. The molecule has 0 amide bonds. The summed E-state index contributed by atoms with van der Waals surface area (Å²) in [7, 11) is 0. The van der Waals surface area contributed by atoms with E-state index in [0.29, 0.717) is 17.4 Å². The molecule has 0 aliphatic carbocycles. The number of rotatable bonds is 3. The molecule has 1 rings (SSSR count). The van der Waals surface area contributed by atoms with Crippen LogP contribution < -0.4 is 4.74 Å². The fourth-order valence-electron chi connectivity index (χ4n) is 1.09. The van der Waals surface area contributed by atoms with Crippen molar-refractivity contribution in [1.29, 1.82) is 0 Å². The highest BCUT2D eigenvalue weighted by atomic mass is 16.5. The molecule has 0 spiro atoms. The molecule has 72 valence electrons. The molecule has 0 bridgehead atoms. The zero-order valence-corrected chi connectivity index (χ0v) is 7.82. The first-order chi connectivity index (χ1) is 6.69. The highest BCUT2D eigenvalue weighted by Gasteiger charge is 2.08. The first-order valence-corrected chi connectivity index (χ1v) is 4.08. The average Bonchev–Trinajstić information content (AvgIpc) is 2.17. The van der Waals surface area contributed by atoms with Crippen LogP contribution in [-0.2, 0) is 4.79 Å². The molecule has 0 aliphatic heterocycles. The van der Waals surface area contributed by atoms with Crippen molar-refractivity contribution in [3.8, 4) is 5.75 Å². The molecule has 0 saturated heterocycles. The van der Waals surface area contributed by atoms with E-state index in [9.17, 15) is 9.59 Å². The minimum absolute atomic E-state index is 0.269. The average molecular weight is 190 g/mol. The van der Waals surface area contributed by atoms with Crippen LogP contribution in [0.2, 0.25) is 0 Å². The summed E-state index contributed by atoms with van der Waals surface area (Å²) in [4.78, 5) is 21.4. The Morgan fingerprint density at radius 2 is 2.07 bits per heavy atom. The lowest BCUT2D eigenvalue weighted by atomic mass is 10.1. The van der Waals surface area contributed by atoms with E-state index in [1.54, 1.807) is 18.2 Å². The van der Waals surface area contributed by atoms with Gasteiger partial charge in [-0.1, -0.05) is 24.8 Å². The smallest absolute Gasteiger partial charge is 0.308 e. The van der Waals surface area contributed by atoms with Gasteiger partial charge in [-0.25, -0.2) is 0 Å². The maximum Gasteiger partial charge on any atom is 0.308 e. The van der Waals surface area contributed by atoms with Crippen molar-refractivity contribution in [3.63, 3.8) is 0 Å². The predicted octanol–water partition coefficient (Wildman–Crippen LogP) is 2.07. The Labute approximate surface area is 82.0 Å². The van der Waals surface area contributed by atoms with Gasteiger partial charge in [0.15, 0.2) is 6.29 Å². The molecular weight excluding hydrogens is 180 g/mol. The second kappa shape index (κ2) is 4.37. The number of carbonyl (C=O) groups excluding carboxylic acids is 2. The molecular formula is C11H10O3. The zero-order valence-electron chi connectivity index (χ0n) is 7.82. The van der Waals surface area contributed by atoms with Crippen molar-refractivity contribution >= 4 is 18.3 Å². The van der Waals surface area contributed by atoms with Crippen molar-refractivity contribution in [2.24, 2.45) is 0 Å². The first-order valence-electron chi connectivity index (χ1n) is 4.08. The van der Waals surface area contributed by atoms with Crippen molar-refractivity contribution in [2.45, 2.75) is 6.92 Å². The molecule has 3 heteroatoms. The third kappa shape index (κ3) is 2.07. The van der Waals surface area contributed by atoms with Gasteiger partial charge in [-0.3, -0.25) is 9.59 Å². The van der Waals surface area contributed by atoms with E-state index < -0.39 is 5.97 Å². The summed E-state index contributed by atoms with van der Waals surface area (Å²) >= 11 is 0. The van der Waals surface area contributed by atoms with Gasteiger partial charge in [0.25, 0.3) is 0 Å². The molecule has 1 aromatic rings. The Bertz CT molecular complexity index is 354. The van der Waals surface area contributed by atoms with Gasteiger partial charge in [0.1, 0.15) is 5.75 Å². The lowest BCUT2D eigenvalue weighted by molar-refractivity contribution is -0.131. The quantitative estimate of drug-likeness (QED) is 0.416. The van der Waals surface area contributed by atoms with Crippen LogP contribution in [0.15, 0.2) is 24.8 Å². The van der Waals surface area contributed by atoms with Crippen LogP contribution in [0.25, 0.3) is 6.08 Å². The van der Waals surface area contributed by atoms with Gasteiger partial charge in [-0.2, -0.15) is 0 Å². The van der Waals surface area contributed by atoms with E-state index in [2.05, 4.69) is 6.58 Å². The number of hydrogen-bond donors (Lipinski definition) is 0. The van der Waals surface area contributed by atoms with Crippen LogP contribution >= 0.6 is 0 Å². The third-order valence-corrected chi connectivity index (χ3v) is 1.67. The van der Waals surface area contributed by atoms with Crippen molar-refractivity contribution in [1.82, 2.24) is 0 Å². The van der Waals surface area contributed by atoms with E-state index in [-0.39, 0.29) is 5.75 Å². The van der Waals surface area contributed by atoms with Gasteiger partial charge in [0, 0.05) is 12.5 Å². The van der Waals surface area contributed by atoms with Crippen LogP contribution in [0.5, 0.6) is 5.75 Å². The Balaban J connectivity index is 3.25. The number of carbonyl (C=O) groups is 2. The predicted molar refractivity (Wildman–Crippen MR) is 53.2 cm³/mol. The summed E-state index contributed by atoms with van der Waals surface area (Å²) in [5, 5.41) is 0. The minimum atomic E-state index is -0.456. The summed E-state index contributed by atoms with van der Waals surface area (Å²) in [5.41, 5.74) is 0.974. The normalized spacial score (nSPS) is 9.21. The Morgan fingerprint density at radius 1 is 1.43 bits per heavy atom. The summed E-state index contributed by atoms with van der Waals surface area (Å²) in [6, 6.07) is 5.00. The summed E-state index contributed by atoms with van der Waals surface area (Å²) in [6.45, 7) is 4.85. The van der Waals surface area contributed by atoms with Gasteiger partial charge < -0.3 is 4.74 Å². The Kier molecular flexibility index (Phi) is 3.18. The molecule has 0 unspecified atom stereocenters. The van der Waals surface area contributed by atoms with Crippen LogP contribution in [-0.4, -0.2) is 12.3 Å². The largest absolute Gasteiger partial charge is 0.425 e. The van der Waals surface area contributed by atoms with E-state index in [0.717, 1.165) is 0 Å². The number of aldehydes is 1. The summed E-state index contributed by atoms with van der Waals surface area (Å²) in [5.74, 6) is -0.188. The molecule has 1 aromatic carbocycles. The van der Waals surface area contributed by atoms with Gasteiger partial charge in [0.05, 0.1) is 5.56 Å². The number of ether oxygens (including phenoxy) is 1. The molecule has 0 fully saturated rings. The molecule has 14 heavy (non-hydrogen) atoms. The molecule has 0 aromatic heterocycles. The van der Waals surface area contributed by atoms with E-state index in [1.807, 2.05) is 0 Å². The van der Waals surface area contributed by atoms with Crippen molar-refractivity contribution in [3.05, 3.63) is 35.9 Å². The van der Waals surface area contributed by atoms with Crippen LogP contribution in [0, 0.1) is 0 Å². The number of hydrogen-bond acceptors (Lipinski definition) is 3. The molecule has 3 nitrogen and oxygen atoms in total. The van der Waals surface area contributed by atoms with Crippen molar-refractivity contribution < 1.29 is 14.3 Å². The lowest BCUT2D eigenvalue weighted by Crippen LogP contribution is -2.05. The second-order valence-corrected chi connectivity index (χ2v) is 2.68. The summed E-state index contributed by atoms with van der Waals surface area (Å²) in [6.07, 6.45) is 2.18. The molecule has 0 aliphatic rings. The molecule has 0 heterocycles. The maximum absolute atomic E-state index is 10.8. The second-order valence-electron chi connectivity index (χ2n) is 2.68. The fraction of sp³-hybridized carbons (Fsp3) is 0.0909. The zero-order chi connectivity index (χ0) is 10.6. The molecule has 0 saturated carbocycles. The molecule has 0 radical (unpaired) electrons. The van der Waals surface area contributed by atoms with Gasteiger partial charge in [0.2, 0.25) is 0 Å². The Morgan fingerprint density at radius 3 is 2.57 bits per heavy atom. The number of esters is 1. The van der Waals surface area contributed by atoms with E-state index >= 15 is 0 Å². The standard InChI is InChI=1S/C11H10O3/c1-3-9-5-4-6-10(7-12)11(9)14-8(2)13/h3-7H,1H2,2H3. The van der Waals surface area contributed by atoms with Gasteiger partial charge in [-0.15, -0.1) is 0 Å². The van der Waals surface area contributed by atoms with E-state index in [1.165, 1.54) is 13.0 Å².